The molecule has 108 valence electrons. The van der Waals surface area contributed by atoms with E-state index in [1.54, 1.807) is 7.11 Å². The maximum Gasteiger partial charge on any atom is 0.0875 e. The summed E-state index contributed by atoms with van der Waals surface area (Å²) in [5.74, 6) is 2.09. The van der Waals surface area contributed by atoms with E-state index in [-0.39, 0.29) is 12.1 Å². The lowest BCUT2D eigenvalue weighted by Gasteiger charge is -2.30. The van der Waals surface area contributed by atoms with E-state index < -0.39 is 0 Å². The Balaban J connectivity index is 2.18. The average Bonchev–Trinajstić information content (AvgIpc) is 2.80. The van der Waals surface area contributed by atoms with Gasteiger partial charge in [0.1, 0.15) is 0 Å². The quantitative estimate of drug-likeness (QED) is 0.846. The predicted octanol–water partition coefficient (Wildman–Crippen LogP) is 1.68. The lowest BCUT2D eigenvalue weighted by atomic mass is 10.1. The lowest BCUT2D eigenvalue weighted by Crippen LogP contribution is -2.38. The minimum Gasteiger partial charge on any atom is -0.383 e. The molecule has 1 N–H and O–H groups in total. The summed E-state index contributed by atoms with van der Waals surface area (Å²) in [6.45, 7) is 2.21. The summed E-state index contributed by atoms with van der Waals surface area (Å²) in [4.78, 5) is 0. The number of nitrogens with zero attached hydrogens (tertiary/aromatic N) is 2. The fraction of sp³-hybridized carbons (Fsp3) is 0.750. The molecule has 0 aromatic carbocycles. The number of thioether (sulfide) groups is 1. The van der Waals surface area contributed by atoms with Crippen LogP contribution in [0, 0.1) is 0 Å². The number of likely N-dealkylation sites (N-methyl/N-ethyl adjacent to an activating group) is 1. The van der Waals surface area contributed by atoms with E-state index in [0.717, 1.165) is 34.8 Å². The van der Waals surface area contributed by atoms with Gasteiger partial charge in [-0.15, -0.1) is 0 Å². The van der Waals surface area contributed by atoms with E-state index in [4.69, 9.17) is 9.47 Å². The summed E-state index contributed by atoms with van der Waals surface area (Å²) in [7, 11) is 3.67. The molecule has 0 radical (unpaired) electrons. The Hall–Kier alpha value is -0.0800. The van der Waals surface area contributed by atoms with Crippen LogP contribution < -0.4 is 5.32 Å². The smallest absolute Gasteiger partial charge is 0.0875 e. The topological polar surface area (TPSA) is 48.3 Å². The second kappa shape index (κ2) is 7.64. The van der Waals surface area contributed by atoms with Gasteiger partial charge in [0, 0.05) is 18.6 Å². The molecule has 19 heavy (non-hydrogen) atoms. The first kappa shape index (κ1) is 15.3. The summed E-state index contributed by atoms with van der Waals surface area (Å²) >= 11 is 5.53. The standard InChI is InChI=1S/C12H20BrN3O2S/c1-14-11(10-8-19-6-5-18-10)12-9(13)7-15-16(12)3-4-17-2/h7,10-11,14H,3-6,8H2,1-2H3. The van der Waals surface area contributed by atoms with Gasteiger partial charge in [-0.1, -0.05) is 0 Å². The average molecular weight is 350 g/mol. The first-order valence-electron chi connectivity index (χ1n) is 6.34. The molecule has 5 nitrogen and oxygen atoms in total. The molecule has 2 heterocycles. The molecule has 1 aromatic heterocycles. The molecule has 0 spiro atoms. The molecule has 0 aliphatic carbocycles. The molecule has 0 bridgehead atoms. The van der Waals surface area contributed by atoms with Gasteiger partial charge in [-0.2, -0.15) is 16.9 Å². The molecule has 0 amide bonds. The molecule has 2 unspecified atom stereocenters. The fourth-order valence-corrected chi connectivity index (χ4v) is 3.68. The third-order valence-electron chi connectivity index (χ3n) is 3.16. The van der Waals surface area contributed by atoms with Crippen LogP contribution in [0.5, 0.6) is 0 Å². The molecule has 1 aliphatic rings. The van der Waals surface area contributed by atoms with Crippen molar-refractivity contribution in [3.8, 4) is 0 Å². The molecule has 1 fully saturated rings. The Kier molecular flexibility index (Phi) is 6.15. The molecule has 1 saturated heterocycles. The summed E-state index contributed by atoms with van der Waals surface area (Å²) in [5.41, 5.74) is 1.13. The highest BCUT2D eigenvalue weighted by atomic mass is 79.9. The Morgan fingerprint density at radius 3 is 3.21 bits per heavy atom. The molecular formula is C12H20BrN3O2S. The molecule has 1 aromatic rings. The molecular weight excluding hydrogens is 330 g/mol. The van der Waals surface area contributed by atoms with Gasteiger partial charge in [0.25, 0.3) is 0 Å². The van der Waals surface area contributed by atoms with E-state index in [2.05, 4.69) is 26.3 Å². The Morgan fingerprint density at radius 1 is 1.74 bits per heavy atom. The largest absolute Gasteiger partial charge is 0.383 e. The van der Waals surface area contributed by atoms with E-state index >= 15 is 0 Å². The van der Waals surface area contributed by atoms with Crippen LogP contribution in [0.25, 0.3) is 0 Å². The van der Waals surface area contributed by atoms with Crippen LogP contribution in [0.4, 0.5) is 0 Å². The van der Waals surface area contributed by atoms with Gasteiger partial charge in [-0.3, -0.25) is 4.68 Å². The Bertz CT molecular complexity index is 396. The van der Waals surface area contributed by atoms with Crippen LogP contribution in [0.2, 0.25) is 0 Å². The van der Waals surface area contributed by atoms with Gasteiger partial charge in [0.15, 0.2) is 0 Å². The molecule has 1 aliphatic heterocycles. The minimum absolute atomic E-state index is 0.140. The van der Waals surface area contributed by atoms with Crippen molar-refractivity contribution in [3.05, 3.63) is 16.4 Å². The Morgan fingerprint density at radius 2 is 2.58 bits per heavy atom. The van der Waals surface area contributed by atoms with Crippen molar-refractivity contribution in [3.63, 3.8) is 0 Å². The normalized spacial score (nSPS) is 21.5. The van der Waals surface area contributed by atoms with Gasteiger partial charge >= 0.3 is 0 Å². The molecule has 2 atom stereocenters. The van der Waals surface area contributed by atoms with E-state index in [1.807, 2.05) is 29.7 Å². The third kappa shape index (κ3) is 3.72. The van der Waals surface area contributed by atoms with E-state index in [1.165, 1.54) is 0 Å². The first-order valence-corrected chi connectivity index (χ1v) is 8.29. The van der Waals surface area contributed by atoms with Gasteiger partial charge in [-0.05, 0) is 23.0 Å². The number of hydrogen-bond acceptors (Lipinski definition) is 5. The highest BCUT2D eigenvalue weighted by Crippen LogP contribution is 2.30. The van der Waals surface area contributed by atoms with E-state index in [0.29, 0.717) is 6.61 Å². The summed E-state index contributed by atoms with van der Waals surface area (Å²) in [6.07, 6.45) is 2.02. The lowest BCUT2D eigenvalue weighted by molar-refractivity contribution is 0.0458. The molecule has 0 saturated carbocycles. The van der Waals surface area contributed by atoms with Crippen molar-refractivity contribution in [1.82, 2.24) is 15.1 Å². The van der Waals surface area contributed by atoms with Crippen LogP contribution >= 0.6 is 27.7 Å². The Labute approximate surface area is 126 Å². The number of aromatic nitrogens is 2. The van der Waals surface area contributed by atoms with Crippen LogP contribution in [-0.2, 0) is 16.0 Å². The SMILES string of the molecule is CNC(c1c(Br)cnn1CCOC)C1CSCCO1. The maximum absolute atomic E-state index is 5.89. The van der Waals surface area contributed by atoms with Crippen molar-refractivity contribution in [2.24, 2.45) is 0 Å². The highest BCUT2D eigenvalue weighted by Gasteiger charge is 2.29. The summed E-state index contributed by atoms with van der Waals surface area (Å²) in [5, 5.41) is 7.77. The first-order chi connectivity index (χ1) is 9.27. The van der Waals surface area contributed by atoms with Gasteiger partial charge in [0.05, 0.1) is 48.3 Å². The highest BCUT2D eigenvalue weighted by molar-refractivity contribution is 9.10. The number of nitrogens with one attached hydrogen (secondary N) is 1. The van der Waals surface area contributed by atoms with Crippen molar-refractivity contribution >= 4 is 27.7 Å². The number of rotatable bonds is 6. The number of hydrogen-bond donors (Lipinski definition) is 1. The zero-order valence-electron chi connectivity index (χ0n) is 11.3. The number of ether oxygens (including phenoxy) is 2. The zero-order chi connectivity index (χ0) is 13.7. The second-order valence-corrected chi connectivity index (χ2v) is 6.35. The monoisotopic (exact) mass is 349 g/mol. The van der Waals surface area contributed by atoms with Crippen molar-refractivity contribution in [2.45, 2.75) is 18.7 Å². The number of methoxy groups -OCH3 is 1. The minimum atomic E-state index is 0.140. The van der Waals surface area contributed by atoms with Crippen molar-refractivity contribution < 1.29 is 9.47 Å². The second-order valence-electron chi connectivity index (χ2n) is 4.34. The van der Waals surface area contributed by atoms with E-state index in [9.17, 15) is 0 Å². The summed E-state index contributed by atoms with van der Waals surface area (Å²) < 4.78 is 14.0. The fourth-order valence-electron chi connectivity index (χ4n) is 2.23. The number of halogens is 1. The van der Waals surface area contributed by atoms with Gasteiger partial charge in [-0.25, -0.2) is 0 Å². The molecule has 7 heteroatoms. The third-order valence-corrected chi connectivity index (χ3v) is 4.79. The summed E-state index contributed by atoms with van der Waals surface area (Å²) in [6, 6.07) is 0.140. The van der Waals surface area contributed by atoms with Crippen molar-refractivity contribution in [1.29, 1.82) is 0 Å². The predicted molar refractivity (Wildman–Crippen MR) is 80.7 cm³/mol. The van der Waals surface area contributed by atoms with Crippen molar-refractivity contribution in [2.75, 3.05) is 38.9 Å². The van der Waals surface area contributed by atoms with Gasteiger partial charge < -0.3 is 14.8 Å². The van der Waals surface area contributed by atoms with Crippen LogP contribution in [-0.4, -0.2) is 54.8 Å². The van der Waals surface area contributed by atoms with Gasteiger partial charge in [0.2, 0.25) is 0 Å². The zero-order valence-corrected chi connectivity index (χ0v) is 13.7. The van der Waals surface area contributed by atoms with Crippen LogP contribution in [0.3, 0.4) is 0 Å². The maximum atomic E-state index is 5.89. The van der Waals surface area contributed by atoms with Crippen LogP contribution in [0.15, 0.2) is 10.7 Å². The molecule has 2 rings (SSSR count). The van der Waals surface area contributed by atoms with Crippen LogP contribution in [0.1, 0.15) is 11.7 Å².